The molecule has 0 aromatic heterocycles. The SMILES string of the molecule is CC(C)P(c1ccc[cH-]1)C(C)C.CCCP(CCC)c1ccc[cH-]1.[Fe+2]. The maximum absolute atomic E-state index is 2.33. The Labute approximate surface area is 169 Å². The average molecular weight is 418 g/mol. The Hall–Kier alpha value is 0.0795. The quantitative estimate of drug-likeness (QED) is 0.256. The predicted molar refractivity (Wildman–Crippen MR) is 118 cm³/mol. The van der Waals surface area contributed by atoms with Gasteiger partial charge in [0.1, 0.15) is 0 Å². The fourth-order valence-corrected chi connectivity index (χ4v) is 8.53. The van der Waals surface area contributed by atoms with Gasteiger partial charge in [-0.3, -0.25) is 0 Å². The molecular formula is C22H36FeP2. The Morgan fingerprint density at radius 1 is 0.800 bits per heavy atom. The second-order valence-electron chi connectivity index (χ2n) is 6.87. The van der Waals surface area contributed by atoms with Crippen LogP contribution in [0.2, 0.25) is 0 Å². The van der Waals surface area contributed by atoms with E-state index in [9.17, 15) is 0 Å². The minimum Gasteiger partial charge on any atom is -0.213 e. The fourth-order valence-electron chi connectivity index (χ4n) is 3.21. The first-order valence-corrected chi connectivity index (χ1v) is 12.7. The van der Waals surface area contributed by atoms with Crippen LogP contribution in [0.5, 0.6) is 0 Å². The smallest absolute Gasteiger partial charge is 0.213 e. The molecule has 2 aromatic carbocycles. The number of rotatable bonds is 8. The Morgan fingerprint density at radius 3 is 1.56 bits per heavy atom. The van der Waals surface area contributed by atoms with Crippen molar-refractivity contribution >= 4 is 26.5 Å². The van der Waals surface area contributed by atoms with Crippen molar-refractivity contribution in [3.63, 3.8) is 0 Å². The van der Waals surface area contributed by atoms with Gasteiger partial charge in [-0.2, -0.15) is 24.3 Å². The summed E-state index contributed by atoms with van der Waals surface area (Å²) >= 11 is 0. The van der Waals surface area contributed by atoms with Crippen molar-refractivity contribution in [1.82, 2.24) is 0 Å². The molecule has 0 amide bonds. The molecule has 0 nitrogen and oxygen atoms in total. The molecule has 3 heteroatoms. The van der Waals surface area contributed by atoms with Gasteiger partial charge in [-0.05, 0) is 23.6 Å². The molecule has 0 saturated carbocycles. The van der Waals surface area contributed by atoms with Gasteiger partial charge in [-0.1, -0.05) is 62.3 Å². The molecule has 0 aliphatic carbocycles. The van der Waals surface area contributed by atoms with Crippen molar-refractivity contribution in [2.75, 3.05) is 12.3 Å². The van der Waals surface area contributed by atoms with Crippen LogP contribution in [0.3, 0.4) is 0 Å². The molecule has 2 rings (SSSR count). The van der Waals surface area contributed by atoms with Gasteiger partial charge >= 0.3 is 17.1 Å². The molecular weight excluding hydrogens is 382 g/mol. The Bertz CT molecular complexity index is 486. The van der Waals surface area contributed by atoms with Crippen LogP contribution < -0.4 is 10.6 Å². The largest absolute Gasteiger partial charge is 2.00 e. The Morgan fingerprint density at radius 2 is 1.24 bits per heavy atom. The monoisotopic (exact) mass is 418 g/mol. The zero-order chi connectivity index (χ0) is 17.9. The van der Waals surface area contributed by atoms with Gasteiger partial charge in [0.05, 0.1) is 0 Å². The van der Waals surface area contributed by atoms with E-state index in [1.807, 2.05) is 0 Å². The molecule has 2 aromatic rings. The van der Waals surface area contributed by atoms with Crippen molar-refractivity contribution in [3.05, 3.63) is 48.5 Å². The van der Waals surface area contributed by atoms with E-state index in [0.29, 0.717) is 0 Å². The summed E-state index contributed by atoms with van der Waals surface area (Å²) in [5, 5.41) is 3.17. The number of hydrogen-bond donors (Lipinski definition) is 0. The minimum absolute atomic E-state index is 0. The van der Waals surface area contributed by atoms with Crippen LogP contribution in [-0.2, 0) is 17.1 Å². The molecule has 0 aliphatic heterocycles. The zero-order valence-electron chi connectivity index (χ0n) is 16.8. The van der Waals surface area contributed by atoms with E-state index in [2.05, 4.69) is 90.1 Å². The van der Waals surface area contributed by atoms with Crippen LogP contribution in [0, 0.1) is 0 Å². The summed E-state index contributed by atoms with van der Waals surface area (Å²) < 4.78 is 0. The van der Waals surface area contributed by atoms with Crippen molar-refractivity contribution < 1.29 is 17.1 Å². The van der Waals surface area contributed by atoms with Gasteiger partial charge in [-0.15, -0.1) is 18.5 Å². The standard InChI is InChI=1S/2C11H18P.Fe/c1-9(2)12(10(3)4)11-7-5-6-8-11;1-3-9-12(10-4-2)11-7-5-6-8-11;/h5-10H,1-4H3;5-8H,3-4,9-10H2,1-2H3;/q2*-1;+2. The van der Waals surface area contributed by atoms with E-state index in [0.717, 1.165) is 11.3 Å². The van der Waals surface area contributed by atoms with E-state index >= 15 is 0 Å². The molecule has 0 aliphatic rings. The number of hydrogen-bond acceptors (Lipinski definition) is 0. The van der Waals surface area contributed by atoms with Gasteiger partial charge < -0.3 is 0 Å². The summed E-state index contributed by atoms with van der Waals surface area (Å²) in [4.78, 5) is 0. The van der Waals surface area contributed by atoms with Crippen LogP contribution in [0.15, 0.2) is 48.5 Å². The van der Waals surface area contributed by atoms with E-state index in [4.69, 9.17) is 0 Å². The third kappa shape index (κ3) is 9.02. The van der Waals surface area contributed by atoms with Crippen LogP contribution in [-0.4, -0.2) is 23.6 Å². The van der Waals surface area contributed by atoms with Crippen molar-refractivity contribution in [3.8, 4) is 0 Å². The molecule has 25 heavy (non-hydrogen) atoms. The Balaban J connectivity index is 0.000000443. The normalized spacial score (nSPS) is 11.0. The fraction of sp³-hybridized carbons (Fsp3) is 0.545. The zero-order valence-corrected chi connectivity index (χ0v) is 19.7. The average Bonchev–Trinajstić information content (AvgIpc) is 3.20. The van der Waals surface area contributed by atoms with Crippen molar-refractivity contribution in [1.29, 1.82) is 0 Å². The van der Waals surface area contributed by atoms with Gasteiger partial charge in [0, 0.05) is 0 Å². The van der Waals surface area contributed by atoms with Gasteiger partial charge in [0.15, 0.2) is 0 Å². The first kappa shape index (κ1) is 25.1. The molecule has 0 saturated heterocycles. The Kier molecular flexibility index (Phi) is 14.2. The third-order valence-corrected chi connectivity index (χ3v) is 10.2. The molecule has 0 spiro atoms. The summed E-state index contributed by atoms with van der Waals surface area (Å²) in [5.74, 6) is 0. The van der Waals surface area contributed by atoms with Crippen LogP contribution >= 0.6 is 15.8 Å². The summed E-state index contributed by atoms with van der Waals surface area (Å²) in [7, 11) is 0.244. The molecule has 0 N–H and O–H groups in total. The van der Waals surface area contributed by atoms with Crippen molar-refractivity contribution in [2.24, 2.45) is 0 Å². The summed E-state index contributed by atoms with van der Waals surface area (Å²) in [6.07, 6.45) is 5.48. The van der Waals surface area contributed by atoms with E-state index in [-0.39, 0.29) is 32.9 Å². The van der Waals surface area contributed by atoms with E-state index < -0.39 is 0 Å². The first-order valence-electron chi connectivity index (χ1n) is 9.47. The molecule has 0 bridgehead atoms. The molecule has 0 radical (unpaired) electrons. The van der Waals surface area contributed by atoms with Crippen LogP contribution in [0.1, 0.15) is 54.4 Å². The molecule has 0 atom stereocenters. The second kappa shape index (κ2) is 14.2. The maximum Gasteiger partial charge on any atom is 2.00 e. The summed E-state index contributed by atoms with van der Waals surface area (Å²) in [6, 6.07) is 17.7. The molecule has 0 fully saturated rings. The van der Waals surface area contributed by atoms with Gasteiger partial charge in [-0.25, -0.2) is 24.3 Å². The molecule has 142 valence electrons. The summed E-state index contributed by atoms with van der Waals surface area (Å²) in [6.45, 7) is 13.9. The van der Waals surface area contributed by atoms with Gasteiger partial charge in [0.25, 0.3) is 0 Å². The van der Waals surface area contributed by atoms with Crippen molar-refractivity contribution in [2.45, 2.75) is 65.7 Å². The first-order chi connectivity index (χ1) is 11.5. The van der Waals surface area contributed by atoms with E-state index in [1.54, 1.807) is 10.6 Å². The third-order valence-electron chi connectivity index (χ3n) is 4.05. The van der Waals surface area contributed by atoms with Crippen LogP contribution in [0.4, 0.5) is 0 Å². The minimum atomic E-state index is 0. The summed E-state index contributed by atoms with van der Waals surface area (Å²) in [5.41, 5.74) is 1.62. The van der Waals surface area contributed by atoms with E-state index in [1.165, 1.54) is 25.2 Å². The van der Waals surface area contributed by atoms with Gasteiger partial charge in [0.2, 0.25) is 0 Å². The molecule has 0 heterocycles. The predicted octanol–water partition coefficient (Wildman–Crippen LogP) is 6.66. The molecule has 0 unspecified atom stereocenters. The topological polar surface area (TPSA) is 0 Å². The maximum atomic E-state index is 2.33. The second-order valence-corrected chi connectivity index (χ2v) is 12.8. The van der Waals surface area contributed by atoms with Crippen LogP contribution in [0.25, 0.3) is 0 Å².